The number of rotatable bonds is 9. The number of benzene rings is 2. The monoisotopic (exact) mass is 474 g/mol. The van der Waals surface area contributed by atoms with Gasteiger partial charge in [-0.15, -0.1) is 11.8 Å². The van der Waals surface area contributed by atoms with E-state index < -0.39 is 0 Å². The average molecular weight is 476 g/mol. The van der Waals surface area contributed by atoms with Crippen molar-refractivity contribution >= 4 is 58.2 Å². The normalized spacial score (nSPS) is 12.3. The molecule has 2 aromatic carbocycles. The van der Waals surface area contributed by atoms with Gasteiger partial charge >= 0.3 is 0 Å². The van der Waals surface area contributed by atoms with Crippen LogP contribution < -0.4 is 0 Å². The number of hydrogen-bond donors (Lipinski definition) is 0. The average Bonchev–Trinajstić information content (AvgIpc) is 3.16. The highest BCUT2D eigenvalue weighted by molar-refractivity contribution is 7.99. The Morgan fingerprint density at radius 1 is 1.00 bits per heavy atom. The SMILES string of the molecule is Clc1ccc(CSC(COCc2ccc(Cl)c(Cl)c2)Cn2ccnc2)c(Cl)c1. The molecule has 3 nitrogen and oxygen atoms in total. The molecule has 1 aromatic heterocycles. The Hall–Kier alpha value is -0.880. The van der Waals surface area contributed by atoms with Crippen molar-refractivity contribution in [2.45, 2.75) is 24.2 Å². The molecular weight excluding hydrogens is 458 g/mol. The van der Waals surface area contributed by atoms with Gasteiger partial charge in [-0.1, -0.05) is 58.5 Å². The molecule has 3 rings (SSSR count). The van der Waals surface area contributed by atoms with Crippen molar-refractivity contribution in [3.63, 3.8) is 0 Å². The van der Waals surface area contributed by atoms with E-state index in [0.29, 0.717) is 33.3 Å². The molecule has 0 saturated heterocycles. The first-order valence-electron chi connectivity index (χ1n) is 8.54. The van der Waals surface area contributed by atoms with Gasteiger partial charge in [0, 0.05) is 40.0 Å². The third-order valence-electron chi connectivity index (χ3n) is 4.02. The van der Waals surface area contributed by atoms with Gasteiger partial charge < -0.3 is 9.30 Å². The summed E-state index contributed by atoms with van der Waals surface area (Å²) in [5, 5.41) is 2.61. The minimum absolute atomic E-state index is 0.226. The Labute approximate surface area is 188 Å². The Balaban J connectivity index is 1.58. The van der Waals surface area contributed by atoms with Crippen LogP contribution in [0.3, 0.4) is 0 Å². The first-order valence-corrected chi connectivity index (χ1v) is 11.1. The largest absolute Gasteiger partial charge is 0.376 e. The number of nitrogens with zero attached hydrogens (tertiary/aromatic N) is 2. The maximum Gasteiger partial charge on any atom is 0.0946 e. The molecule has 1 heterocycles. The second-order valence-corrected chi connectivity index (χ2v) is 9.14. The number of thioether (sulfide) groups is 1. The summed E-state index contributed by atoms with van der Waals surface area (Å²) in [6.45, 7) is 1.84. The molecule has 0 fully saturated rings. The standard InChI is InChI=1S/C20H18Cl4N2OS/c21-16-3-2-15(19(23)8-16)12-28-17(9-26-6-5-25-13-26)11-27-10-14-1-4-18(22)20(24)7-14/h1-8,13,17H,9-12H2. The number of halogens is 4. The summed E-state index contributed by atoms with van der Waals surface area (Å²) >= 11 is 26.1. The van der Waals surface area contributed by atoms with Gasteiger partial charge in [0.2, 0.25) is 0 Å². The van der Waals surface area contributed by atoms with E-state index in [0.717, 1.165) is 23.4 Å². The van der Waals surface area contributed by atoms with Crippen molar-refractivity contribution < 1.29 is 4.74 Å². The minimum Gasteiger partial charge on any atom is -0.376 e. The Morgan fingerprint density at radius 3 is 2.57 bits per heavy atom. The summed E-state index contributed by atoms with van der Waals surface area (Å²) in [5.74, 6) is 0.769. The van der Waals surface area contributed by atoms with Crippen LogP contribution in [0.1, 0.15) is 11.1 Å². The molecule has 8 heteroatoms. The summed E-state index contributed by atoms with van der Waals surface area (Å²) in [5.41, 5.74) is 2.04. The van der Waals surface area contributed by atoms with E-state index in [2.05, 4.69) is 4.98 Å². The maximum atomic E-state index is 6.30. The molecule has 0 spiro atoms. The van der Waals surface area contributed by atoms with Crippen LogP contribution in [-0.4, -0.2) is 21.4 Å². The van der Waals surface area contributed by atoms with E-state index in [1.807, 2.05) is 41.4 Å². The zero-order valence-corrected chi connectivity index (χ0v) is 18.7. The number of ether oxygens (including phenoxy) is 1. The van der Waals surface area contributed by atoms with Crippen LogP contribution in [0.25, 0.3) is 0 Å². The Bertz CT molecular complexity index is 905. The first kappa shape index (κ1) is 21.8. The fraction of sp³-hybridized carbons (Fsp3) is 0.250. The molecular formula is C20H18Cl4N2OS. The fourth-order valence-corrected chi connectivity index (χ4v) is 4.58. The molecule has 0 amide bonds. The van der Waals surface area contributed by atoms with Crippen LogP contribution in [0.5, 0.6) is 0 Å². The van der Waals surface area contributed by atoms with Gasteiger partial charge in [0.1, 0.15) is 0 Å². The smallest absolute Gasteiger partial charge is 0.0946 e. The summed E-state index contributed by atoms with van der Waals surface area (Å²) in [6.07, 6.45) is 5.53. The number of aromatic nitrogens is 2. The summed E-state index contributed by atoms with van der Waals surface area (Å²) in [6, 6.07) is 11.1. The van der Waals surface area contributed by atoms with E-state index in [9.17, 15) is 0 Å². The Morgan fingerprint density at radius 2 is 1.86 bits per heavy atom. The van der Waals surface area contributed by atoms with Crippen molar-refractivity contribution in [2.75, 3.05) is 6.61 Å². The lowest BCUT2D eigenvalue weighted by Crippen LogP contribution is -2.19. The quantitative estimate of drug-likeness (QED) is 0.332. The van der Waals surface area contributed by atoms with E-state index >= 15 is 0 Å². The molecule has 0 saturated carbocycles. The number of imidazole rings is 1. The summed E-state index contributed by atoms with van der Waals surface area (Å²) in [4.78, 5) is 4.11. The van der Waals surface area contributed by atoms with Crippen LogP contribution >= 0.6 is 58.2 Å². The molecule has 0 radical (unpaired) electrons. The molecule has 148 valence electrons. The molecule has 0 aliphatic carbocycles. The van der Waals surface area contributed by atoms with E-state index in [1.54, 1.807) is 30.1 Å². The lowest BCUT2D eigenvalue weighted by molar-refractivity contribution is 0.119. The van der Waals surface area contributed by atoms with Gasteiger partial charge in [-0.05, 0) is 35.4 Å². The zero-order valence-electron chi connectivity index (χ0n) is 14.8. The van der Waals surface area contributed by atoms with E-state index in [4.69, 9.17) is 51.1 Å². The second kappa shape index (κ2) is 10.8. The van der Waals surface area contributed by atoms with Gasteiger partial charge in [0.05, 0.1) is 29.6 Å². The van der Waals surface area contributed by atoms with Crippen LogP contribution in [0.4, 0.5) is 0 Å². The predicted octanol–water partition coefficient (Wildman–Crippen LogP) is 7.02. The van der Waals surface area contributed by atoms with E-state index in [1.165, 1.54) is 0 Å². The first-order chi connectivity index (χ1) is 13.5. The van der Waals surface area contributed by atoms with E-state index in [-0.39, 0.29) is 5.25 Å². The highest BCUT2D eigenvalue weighted by Crippen LogP contribution is 2.28. The molecule has 3 aromatic rings. The highest BCUT2D eigenvalue weighted by atomic mass is 35.5. The minimum atomic E-state index is 0.226. The summed E-state index contributed by atoms with van der Waals surface area (Å²) < 4.78 is 8.00. The molecule has 0 aliphatic heterocycles. The molecule has 0 aliphatic rings. The van der Waals surface area contributed by atoms with Crippen LogP contribution in [0.2, 0.25) is 20.1 Å². The van der Waals surface area contributed by atoms with Crippen molar-refractivity contribution in [3.05, 3.63) is 86.3 Å². The van der Waals surface area contributed by atoms with Crippen molar-refractivity contribution in [1.29, 1.82) is 0 Å². The molecule has 1 unspecified atom stereocenters. The van der Waals surface area contributed by atoms with Gasteiger partial charge in [0.15, 0.2) is 0 Å². The molecule has 0 N–H and O–H groups in total. The van der Waals surface area contributed by atoms with Crippen LogP contribution in [-0.2, 0) is 23.6 Å². The number of hydrogen-bond acceptors (Lipinski definition) is 3. The van der Waals surface area contributed by atoms with Crippen molar-refractivity contribution in [3.8, 4) is 0 Å². The fourth-order valence-electron chi connectivity index (χ4n) is 2.57. The second-order valence-electron chi connectivity index (χ2n) is 6.19. The summed E-state index contributed by atoms with van der Waals surface area (Å²) in [7, 11) is 0. The van der Waals surface area contributed by atoms with Gasteiger partial charge in [-0.3, -0.25) is 0 Å². The lowest BCUT2D eigenvalue weighted by atomic mass is 10.2. The van der Waals surface area contributed by atoms with Gasteiger partial charge in [-0.25, -0.2) is 4.98 Å². The predicted molar refractivity (Wildman–Crippen MR) is 120 cm³/mol. The van der Waals surface area contributed by atoms with Gasteiger partial charge in [0.25, 0.3) is 0 Å². The van der Waals surface area contributed by atoms with Gasteiger partial charge in [-0.2, -0.15) is 0 Å². The molecule has 1 atom stereocenters. The lowest BCUT2D eigenvalue weighted by Gasteiger charge is -2.18. The third-order valence-corrected chi connectivity index (χ3v) is 6.58. The highest BCUT2D eigenvalue weighted by Gasteiger charge is 2.13. The van der Waals surface area contributed by atoms with Crippen molar-refractivity contribution in [2.24, 2.45) is 0 Å². The zero-order chi connectivity index (χ0) is 19.9. The topological polar surface area (TPSA) is 27.1 Å². The Kier molecular flexibility index (Phi) is 8.39. The molecule has 0 bridgehead atoms. The molecule has 28 heavy (non-hydrogen) atoms. The van der Waals surface area contributed by atoms with Crippen molar-refractivity contribution in [1.82, 2.24) is 9.55 Å². The third kappa shape index (κ3) is 6.58. The maximum absolute atomic E-state index is 6.30. The van der Waals surface area contributed by atoms with Crippen LogP contribution in [0, 0.1) is 0 Å². The van der Waals surface area contributed by atoms with Crippen LogP contribution in [0.15, 0.2) is 55.1 Å².